The molecule has 8 heteroatoms. The van der Waals surface area contributed by atoms with Crippen LogP contribution in [0.4, 0.5) is 21.9 Å². The lowest BCUT2D eigenvalue weighted by Crippen LogP contribution is -2.46. The Labute approximate surface area is 197 Å². The van der Waals surface area contributed by atoms with Gasteiger partial charge >= 0.3 is 6.03 Å². The summed E-state index contributed by atoms with van der Waals surface area (Å²) in [6.45, 7) is 8.22. The van der Waals surface area contributed by atoms with Crippen molar-refractivity contribution in [3.8, 4) is 0 Å². The van der Waals surface area contributed by atoms with Gasteiger partial charge in [-0.05, 0) is 62.5 Å². The second-order valence-electron chi connectivity index (χ2n) is 9.36. The van der Waals surface area contributed by atoms with Crippen molar-refractivity contribution in [3.63, 3.8) is 0 Å². The van der Waals surface area contributed by atoms with Gasteiger partial charge in [0.2, 0.25) is 0 Å². The van der Waals surface area contributed by atoms with Crippen LogP contribution in [0, 0.1) is 6.92 Å². The highest BCUT2D eigenvalue weighted by Crippen LogP contribution is 2.46. The van der Waals surface area contributed by atoms with Crippen LogP contribution >= 0.6 is 11.3 Å². The number of benzene rings is 1. The van der Waals surface area contributed by atoms with Crippen molar-refractivity contribution >= 4 is 50.6 Å². The highest BCUT2D eigenvalue weighted by Gasteiger charge is 2.34. The van der Waals surface area contributed by atoms with Crippen LogP contribution in [0.25, 0.3) is 10.2 Å². The molecule has 3 amide bonds. The van der Waals surface area contributed by atoms with Crippen LogP contribution < -0.4 is 15.5 Å². The highest BCUT2D eigenvalue weighted by molar-refractivity contribution is 7.21. The Hall–Kier alpha value is -2.97. The molecule has 4 heterocycles. The van der Waals surface area contributed by atoms with Gasteiger partial charge in [-0.1, -0.05) is 26.0 Å². The topological polar surface area (TPSA) is 77.6 Å². The Morgan fingerprint density at radius 2 is 2.09 bits per heavy atom. The van der Waals surface area contributed by atoms with Crippen molar-refractivity contribution in [1.82, 2.24) is 15.2 Å². The molecule has 0 saturated carbocycles. The molecular formula is C25H29N5O2S. The van der Waals surface area contributed by atoms with Gasteiger partial charge in [-0.2, -0.15) is 0 Å². The van der Waals surface area contributed by atoms with E-state index in [9.17, 15) is 9.59 Å². The molecule has 2 N–H and O–H groups in total. The molecule has 0 aliphatic carbocycles. The van der Waals surface area contributed by atoms with E-state index in [4.69, 9.17) is 0 Å². The summed E-state index contributed by atoms with van der Waals surface area (Å²) in [5.41, 5.74) is 4.42. The van der Waals surface area contributed by atoms with Crippen molar-refractivity contribution in [2.24, 2.45) is 0 Å². The minimum absolute atomic E-state index is 0.110. The first-order valence-electron chi connectivity index (χ1n) is 11.5. The van der Waals surface area contributed by atoms with Gasteiger partial charge in [0.15, 0.2) is 0 Å². The van der Waals surface area contributed by atoms with E-state index in [2.05, 4.69) is 53.5 Å². The quantitative estimate of drug-likeness (QED) is 0.555. The number of carbonyl (C=O) groups is 2. The number of urea groups is 1. The number of carbonyl (C=O) groups excluding carboxylic acids is 2. The second-order valence-corrected chi connectivity index (χ2v) is 10.4. The number of pyridine rings is 1. The number of anilines is 3. The fourth-order valence-corrected chi connectivity index (χ4v) is 5.83. The molecule has 0 spiro atoms. The lowest BCUT2D eigenvalue weighted by molar-refractivity contribution is 0.0917. The molecule has 1 aromatic carbocycles. The van der Waals surface area contributed by atoms with Gasteiger partial charge in [-0.3, -0.25) is 9.69 Å². The smallest absolute Gasteiger partial charge is 0.331 e. The molecule has 0 radical (unpaired) electrons. The number of likely N-dealkylation sites (tertiary alicyclic amines) is 1. The lowest BCUT2D eigenvalue weighted by atomic mass is 9.99. The highest BCUT2D eigenvalue weighted by atomic mass is 32.1. The number of amides is 3. The zero-order valence-electron chi connectivity index (χ0n) is 19.4. The van der Waals surface area contributed by atoms with Gasteiger partial charge in [0.05, 0.1) is 22.4 Å². The first-order chi connectivity index (χ1) is 15.8. The number of aryl methyl sites for hydroxylation is 1. The van der Waals surface area contributed by atoms with Crippen LogP contribution in [0.3, 0.4) is 0 Å². The Morgan fingerprint density at radius 1 is 1.27 bits per heavy atom. The summed E-state index contributed by atoms with van der Waals surface area (Å²) in [5.74, 6) is 0.263. The molecule has 5 rings (SSSR count). The maximum absolute atomic E-state index is 13.3. The fraction of sp³-hybridized carbons (Fsp3) is 0.400. The number of aromatic nitrogens is 1. The van der Waals surface area contributed by atoms with Gasteiger partial charge in [-0.15, -0.1) is 11.3 Å². The van der Waals surface area contributed by atoms with Gasteiger partial charge in [-0.25, -0.2) is 9.78 Å². The summed E-state index contributed by atoms with van der Waals surface area (Å²) in [7, 11) is 2.07. The predicted molar refractivity (Wildman–Crippen MR) is 134 cm³/mol. The van der Waals surface area contributed by atoms with Crippen molar-refractivity contribution in [1.29, 1.82) is 0 Å². The van der Waals surface area contributed by atoms with Crippen molar-refractivity contribution < 1.29 is 9.59 Å². The summed E-state index contributed by atoms with van der Waals surface area (Å²) in [6, 6.07) is 7.90. The van der Waals surface area contributed by atoms with E-state index in [-0.39, 0.29) is 18.0 Å². The normalized spacial score (nSPS) is 18.6. The molecular weight excluding hydrogens is 434 g/mol. The molecule has 7 nitrogen and oxygen atoms in total. The van der Waals surface area contributed by atoms with E-state index in [0.717, 1.165) is 53.1 Å². The van der Waals surface area contributed by atoms with E-state index >= 15 is 0 Å². The monoisotopic (exact) mass is 463 g/mol. The second kappa shape index (κ2) is 8.43. The zero-order valence-corrected chi connectivity index (χ0v) is 20.3. The van der Waals surface area contributed by atoms with Crippen LogP contribution in [0.15, 0.2) is 30.5 Å². The largest absolute Gasteiger partial charge is 0.347 e. The molecule has 33 heavy (non-hydrogen) atoms. The SMILES string of the molecule is Cc1cc(C(C)C)ccc1N1C(=O)Nc2c(C(=O)NC3CCCN(C)C3)sc3nccc1c23. The van der Waals surface area contributed by atoms with Crippen LogP contribution in [0.2, 0.25) is 0 Å². The number of nitrogens with zero attached hydrogens (tertiary/aromatic N) is 3. The van der Waals surface area contributed by atoms with Crippen LogP contribution in [0.5, 0.6) is 0 Å². The minimum atomic E-state index is -0.264. The van der Waals surface area contributed by atoms with E-state index in [1.807, 2.05) is 19.1 Å². The number of thiophene rings is 1. The zero-order chi connectivity index (χ0) is 23.3. The molecule has 3 aromatic rings. The van der Waals surface area contributed by atoms with Crippen LogP contribution in [0.1, 0.15) is 53.4 Å². The molecule has 2 aliphatic heterocycles. The molecule has 172 valence electrons. The summed E-state index contributed by atoms with van der Waals surface area (Å²) in [6.07, 6.45) is 3.73. The molecule has 1 unspecified atom stereocenters. The predicted octanol–water partition coefficient (Wildman–Crippen LogP) is 5.24. The molecule has 1 atom stereocenters. The summed E-state index contributed by atoms with van der Waals surface area (Å²) in [5, 5.41) is 6.98. The first-order valence-corrected chi connectivity index (χ1v) is 12.3. The Bertz CT molecular complexity index is 1250. The summed E-state index contributed by atoms with van der Waals surface area (Å²) >= 11 is 1.33. The lowest BCUT2D eigenvalue weighted by Gasteiger charge is -2.31. The molecule has 1 fully saturated rings. The first kappa shape index (κ1) is 21.9. The third-order valence-electron chi connectivity index (χ3n) is 6.54. The average Bonchev–Trinajstić information content (AvgIpc) is 3.14. The van der Waals surface area contributed by atoms with Crippen molar-refractivity contribution in [3.05, 3.63) is 46.5 Å². The minimum Gasteiger partial charge on any atom is -0.347 e. The third-order valence-corrected chi connectivity index (χ3v) is 7.64. The van der Waals surface area contributed by atoms with E-state index in [0.29, 0.717) is 16.5 Å². The number of hydrogen-bond donors (Lipinski definition) is 2. The number of rotatable bonds is 4. The number of piperidine rings is 1. The molecule has 0 bridgehead atoms. The molecule has 2 aliphatic rings. The Morgan fingerprint density at radius 3 is 2.82 bits per heavy atom. The maximum Gasteiger partial charge on any atom is 0.331 e. The molecule has 2 aromatic heterocycles. The van der Waals surface area contributed by atoms with Gasteiger partial charge < -0.3 is 15.5 Å². The van der Waals surface area contributed by atoms with Crippen molar-refractivity contribution in [2.75, 3.05) is 30.4 Å². The number of nitrogens with one attached hydrogen (secondary N) is 2. The maximum atomic E-state index is 13.3. The Balaban J connectivity index is 1.54. The van der Waals surface area contributed by atoms with E-state index in [1.165, 1.54) is 16.9 Å². The standard InChI is InChI=1S/C25H29N5O2S/c1-14(2)16-7-8-18(15(3)12-16)30-19-9-10-26-24-20(19)21(28-25(30)32)22(33-24)23(31)27-17-6-5-11-29(4)13-17/h7-10,12,14,17H,5-6,11,13H2,1-4H3,(H,27,31)(H,28,32). The average molecular weight is 464 g/mol. The van der Waals surface area contributed by atoms with Gasteiger partial charge in [0.1, 0.15) is 9.71 Å². The third kappa shape index (κ3) is 3.87. The van der Waals surface area contributed by atoms with Gasteiger partial charge in [0, 0.05) is 18.8 Å². The van der Waals surface area contributed by atoms with E-state index in [1.54, 1.807) is 11.1 Å². The number of likely N-dealkylation sites (N-methyl/N-ethyl adjacent to an activating group) is 1. The summed E-state index contributed by atoms with van der Waals surface area (Å²) in [4.78, 5) is 36.2. The van der Waals surface area contributed by atoms with Crippen LogP contribution in [-0.2, 0) is 0 Å². The number of hydrogen-bond acceptors (Lipinski definition) is 5. The molecule has 1 saturated heterocycles. The van der Waals surface area contributed by atoms with Crippen LogP contribution in [-0.4, -0.2) is 48.0 Å². The van der Waals surface area contributed by atoms with Gasteiger partial charge in [0.25, 0.3) is 5.91 Å². The fourth-order valence-electron chi connectivity index (χ4n) is 4.81. The van der Waals surface area contributed by atoms with E-state index < -0.39 is 0 Å². The van der Waals surface area contributed by atoms with Crippen molar-refractivity contribution in [2.45, 2.75) is 45.6 Å². The summed E-state index contributed by atoms with van der Waals surface area (Å²) < 4.78 is 0. The Kier molecular flexibility index (Phi) is 5.58.